The van der Waals surface area contributed by atoms with E-state index in [1.165, 1.54) is 0 Å². The van der Waals surface area contributed by atoms with Gasteiger partial charge in [0.15, 0.2) is 0 Å². The molecule has 1 aliphatic heterocycles. The second-order valence-corrected chi connectivity index (χ2v) is 7.53. The van der Waals surface area contributed by atoms with E-state index in [1.807, 2.05) is 0 Å². The topological polar surface area (TPSA) is 49.8 Å². The molecule has 4 atom stereocenters. The van der Waals surface area contributed by atoms with Crippen molar-refractivity contribution in [2.45, 2.75) is 65.5 Å². The number of rotatable bonds is 4. The molecule has 21 heavy (non-hydrogen) atoms. The van der Waals surface area contributed by atoms with E-state index in [-0.39, 0.29) is 12.0 Å². The fraction of sp³-hybridized carbons (Fsp3) is 0.941. The summed E-state index contributed by atoms with van der Waals surface area (Å²) in [6, 6.07) is 0.500. The summed E-state index contributed by atoms with van der Waals surface area (Å²) in [4.78, 5) is 14.1. The van der Waals surface area contributed by atoms with Crippen molar-refractivity contribution >= 4 is 5.97 Å². The van der Waals surface area contributed by atoms with Gasteiger partial charge < -0.3 is 9.84 Å². The second kappa shape index (κ2) is 6.66. The highest BCUT2D eigenvalue weighted by molar-refractivity contribution is 5.71. The molecule has 1 saturated heterocycles. The van der Waals surface area contributed by atoms with Crippen LogP contribution in [0.5, 0.6) is 0 Å². The molecule has 0 aromatic heterocycles. The third-order valence-electron chi connectivity index (χ3n) is 6.00. The molecule has 0 amide bonds. The third kappa shape index (κ3) is 3.59. The second-order valence-electron chi connectivity index (χ2n) is 7.53. The van der Waals surface area contributed by atoms with Crippen molar-refractivity contribution in [2.24, 2.45) is 17.3 Å². The maximum Gasteiger partial charge on any atom is 0.308 e. The van der Waals surface area contributed by atoms with Crippen LogP contribution in [0.4, 0.5) is 0 Å². The fourth-order valence-electron chi connectivity index (χ4n) is 4.03. The first-order chi connectivity index (χ1) is 9.86. The van der Waals surface area contributed by atoms with E-state index in [0.29, 0.717) is 17.4 Å². The minimum absolute atomic E-state index is 0.172. The number of hydrogen-bond acceptors (Lipinski definition) is 3. The molecular weight excluding hydrogens is 266 g/mol. The predicted octanol–water partition coefficient (Wildman–Crippen LogP) is 3.01. The summed E-state index contributed by atoms with van der Waals surface area (Å²) in [5.41, 5.74) is 0.303. The third-order valence-corrected chi connectivity index (χ3v) is 6.00. The van der Waals surface area contributed by atoms with Crippen molar-refractivity contribution in [3.8, 4) is 0 Å². The zero-order valence-corrected chi connectivity index (χ0v) is 14.0. The van der Waals surface area contributed by atoms with Gasteiger partial charge in [0.2, 0.25) is 0 Å². The van der Waals surface area contributed by atoms with Crippen LogP contribution in [0.25, 0.3) is 0 Å². The Morgan fingerprint density at radius 2 is 2.10 bits per heavy atom. The fourth-order valence-corrected chi connectivity index (χ4v) is 4.03. The minimum atomic E-state index is -0.619. The molecule has 0 bridgehead atoms. The van der Waals surface area contributed by atoms with Gasteiger partial charge in [0.1, 0.15) is 0 Å². The zero-order chi connectivity index (χ0) is 15.6. The Morgan fingerprint density at radius 1 is 1.38 bits per heavy atom. The summed E-state index contributed by atoms with van der Waals surface area (Å²) in [5, 5.41) is 9.61. The molecule has 1 N–H and O–H groups in total. The van der Waals surface area contributed by atoms with Gasteiger partial charge in [0.25, 0.3) is 0 Å². The normalized spacial score (nSPS) is 35.6. The number of aliphatic carboxylic acids is 1. The van der Waals surface area contributed by atoms with Crippen LogP contribution < -0.4 is 0 Å². The quantitative estimate of drug-likeness (QED) is 0.866. The number of carboxylic acid groups (broad SMARTS) is 1. The molecule has 0 radical (unpaired) electrons. The minimum Gasteiger partial charge on any atom is -0.481 e. The Kier molecular flexibility index (Phi) is 5.31. The van der Waals surface area contributed by atoms with Crippen molar-refractivity contribution in [1.29, 1.82) is 0 Å². The van der Waals surface area contributed by atoms with Gasteiger partial charge in [-0.3, -0.25) is 9.69 Å². The van der Waals surface area contributed by atoms with E-state index in [4.69, 9.17) is 4.74 Å². The molecule has 2 rings (SSSR count). The molecule has 0 aromatic rings. The van der Waals surface area contributed by atoms with Crippen LogP contribution in [-0.2, 0) is 9.53 Å². The Hall–Kier alpha value is -0.610. The van der Waals surface area contributed by atoms with E-state index in [0.717, 1.165) is 45.4 Å². The monoisotopic (exact) mass is 297 g/mol. The summed E-state index contributed by atoms with van der Waals surface area (Å²) >= 11 is 0. The lowest BCUT2D eigenvalue weighted by Crippen LogP contribution is -2.56. The van der Waals surface area contributed by atoms with Crippen molar-refractivity contribution in [1.82, 2.24) is 4.90 Å². The maximum atomic E-state index is 11.7. The first-order valence-electron chi connectivity index (χ1n) is 8.43. The summed E-state index contributed by atoms with van der Waals surface area (Å²) in [7, 11) is 0. The highest BCUT2D eigenvalue weighted by Gasteiger charge is 2.43. The molecule has 122 valence electrons. The molecule has 1 saturated carbocycles. The summed E-state index contributed by atoms with van der Waals surface area (Å²) in [6.45, 7) is 11.4. The van der Waals surface area contributed by atoms with Crippen molar-refractivity contribution in [3.63, 3.8) is 0 Å². The summed E-state index contributed by atoms with van der Waals surface area (Å²) < 4.78 is 5.52. The average molecular weight is 297 g/mol. The molecular formula is C17H31NO3. The van der Waals surface area contributed by atoms with Crippen molar-refractivity contribution in [3.05, 3.63) is 0 Å². The summed E-state index contributed by atoms with van der Waals surface area (Å²) in [6.07, 6.45) is 4.04. The Bertz CT molecular complexity index is 369. The zero-order valence-electron chi connectivity index (χ0n) is 14.0. The van der Waals surface area contributed by atoms with E-state index in [2.05, 4.69) is 32.6 Å². The first kappa shape index (κ1) is 16.8. The molecule has 1 aliphatic carbocycles. The van der Waals surface area contributed by atoms with Crippen molar-refractivity contribution in [2.75, 3.05) is 19.8 Å². The predicted molar refractivity (Wildman–Crippen MR) is 83.3 cm³/mol. The van der Waals surface area contributed by atoms with E-state index in [9.17, 15) is 9.90 Å². The van der Waals surface area contributed by atoms with E-state index in [1.54, 1.807) is 0 Å². The van der Waals surface area contributed by atoms with Gasteiger partial charge >= 0.3 is 5.97 Å². The standard InChI is InChI=1S/C17H31NO3/c1-5-17(3,4)13-6-7-14(16(19)20)15(10-13)18-8-9-21-11-12(18)2/h12-15H,5-11H2,1-4H3,(H,19,20). The van der Waals surface area contributed by atoms with Gasteiger partial charge in [-0.2, -0.15) is 0 Å². The van der Waals surface area contributed by atoms with Crippen LogP contribution in [0.1, 0.15) is 53.4 Å². The molecule has 2 fully saturated rings. The Labute approximate surface area is 128 Å². The van der Waals surface area contributed by atoms with Crippen LogP contribution >= 0.6 is 0 Å². The number of morpholine rings is 1. The highest BCUT2D eigenvalue weighted by atomic mass is 16.5. The highest BCUT2D eigenvalue weighted by Crippen LogP contribution is 2.44. The van der Waals surface area contributed by atoms with Gasteiger partial charge in [0.05, 0.1) is 19.1 Å². The lowest BCUT2D eigenvalue weighted by atomic mass is 9.65. The molecule has 4 nitrogen and oxygen atoms in total. The van der Waals surface area contributed by atoms with E-state index >= 15 is 0 Å². The molecule has 1 heterocycles. The Balaban J connectivity index is 2.17. The lowest BCUT2D eigenvalue weighted by Gasteiger charge is -2.48. The first-order valence-corrected chi connectivity index (χ1v) is 8.43. The van der Waals surface area contributed by atoms with Crippen LogP contribution in [-0.4, -0.2) is 47.8 Å². The maximum absolute atomic E-state index is 11.7. The largest absolute Gasteiger partial charge is 0.481 e. The number of hydrogen-bond donors (Lipinski definition) is 1. The van der Waals surface area contributed by atoms with Gasteiger partial charge in [-0.15, -0.1) is 0 Å². The SMILES string of the molecule is CCC(C)(C)C1CCC(C(=O)O)C(N2CCOCC2C)C1. The number of carbonyl (C=O) groups is 1. The van der Waals surface area contributed by atoms with Crippen LogP contribution in [0.3, 0.4) is 0 Å². The number of nitrogens with zero attached hydrogens (tertiary/aromatic N) is 1. The van der Waals surface area contributed by atoms with Gasteiger partial charge in [-0.25, -0.2) is 0 Å². The molecule has 0 aromatic carbocycles. The lowest BCUT2D eigenvalue weighted by molar-refractivity contribution is -0.149. The van der Waals surface area contributed by atoms with E-state index < -0.39 is 5.97 Å². The van der Waals surface area contributed by atoms with Gasteiger partial charge in [-0.05, 0) is 37.5 Å². The van der Waals surface area contributed by atoms with Crippen LogP contribution in [0.15, 0.2) is 0 Å². The van der Waals surface area contributed by atoms with Crippen LogP contribution in [0.2, 0.25) is 0 Å². The molecule has 2 aliphatic rings. The van der Waals surface area contributed by atoms with Crippen molar-refractivity contribution < 1.29 is 14.6 Å². The molecule has 4 unspecified atom stereocenters. The number of ether oxygens (including phenoxy) is 1. The summed E-state index contributed by atoms with van der Waals surface area (Å²) in [5.74, 6) is -0.209. The van der Waals surface area contributed by atoms with Gasteiger partial charge in [0, 0.05) is 18.6 Å². The average Bonchev–Trinajstić information content (AvgIpc) is 2.47. The molecule has 4 heteroatoms. The Morgan fingerprint density at radius 3 is 2.67 bits per heavy atom. The van der Waals surface area contributed by atoms with Crippen LogP contribution in [0, 0.1) is 17.3 Å². The number of carboxylic acids is 1. The smallest absolute Gasteiger partial charge is 0.308 e. The van der Waals surface area contributed by atoms with Gasteiger partial charge in [-0.1, -0.05) is 27.2 Å². The molecule has 0 spiro atoms.